The van der Waals surface area contributed by atoms with Gasteiger partial charge in [-0.1, -0.05) is 37.3 Å². The highest BCUT2D eigenvalue weighted by atomic mass is 32.1. The fourth-order valence-electron chi connectivity index (χ4n) is 2.57. The third-order valence-electron chi connectivity index (χ3n) is 3.87. The molecule has 0 aliphatic heterocycles. The molecule has 0 spiro atoms. The molecule has 0 aliphatic carbocycles. The maximum atomic E-state index is 5.67. The van der Waals surface area contributed by atoms with Crippen molar-refractivity contribution >= 4 is 22.7 Å². The number of nitrogens with one attached hydrogen (secondary N) is 1. The van der Waals surface area contributed by atoms with Gasteiger partial charge in [0.2, 0.25) is 5.13 Å². The first kappa shape index (κ1) is 18.9. The second-order valence-corrected chi connectivity index (χ2v) is 7.12. The van der Waals surface area contributed by atoms with Crippen LogP contribution in [0, 0.1) is 6.92 Å². The Labute approximate surface area is 163 Å². The molecule has 3 rings (SSSR count). The van der Waals surface area contributed by atoms with E-state index in [1.807, 2.05) is 36.4 Å². The smallest absolute Gasteiger partial charge is 0.204 e. The molecule has 0 amide bonds. The number of nitrogens with zero attached hydrogens (tertiary/aromatic N) is 2. The second kappa shape index (κ2) is 9.19. The molecule has 3 aromatic rings. The molecule has 1 heterocycles. The van der Waals surface area contributed by atoms with Gasteiger partial charge in [0.1, 0.15) is 0 Å². The van der Waals surface area contributed by atoms with E-state index in [1.165, 1.54) is 0 Å². The molecule has 0 saturated carbocycles. The molecule has 1 aromatic heterocycles. The van der Waals surface area contributed by atoms with Crippen LogP contribution in [0.15, 0.2) is 53.6 Å². The van der Waals surface area contributed by atoms with E-state index in [4.69, 9.17) is 9.47 Å². The summed E-state index contributed by atoms with van der Waals surface area (Å²) in [4.78, 5) is 5.79. The molecule has 5 nitrogen and oxygen atoms in total. The Morgan fingerprint density at radius 3 is 2.70 bits per heavy atom. The van der Waals surface area contributed by atoms with E-state index in [0.717, 1.165) is 39.0 Å². The van der Waals surface area contributed by atoms with Gasteiger partial charge < -0.3 is 9.47 Å². The number of aryl methyl sites for hydroxylation is 1. The summed E-state index contributed by atoms with van der Waals surface area (Å²) in [5.41, 5.74) is 6.02. The van der Waals surface area contributed by atoms with Crippen molar-refractivity contribution < 1.29 is 9.47 Å². The molecule has 140 valence electrons. The largest absolute Gasteiger partial charge is 0.493 e. The quantitative estimate of drug-likeness (QED) is 0.421. The Hall–Kier alpha value is -2.86. The lowest BCUT2D eigenvalue weighted by Crippen LogP contribution is -1.98. The number of anilines is 1. The third kappa shape index (κ3) is 4.86. The summed E-state index contributed by atoms with van der Waals surface area (Å²) in [5.74, 6) is 1.44. The average Bonchev–Trinajstić information content (AvgIpc) is 3.08. The first-order valence-corrected chi connectivity index (χ1v) is 9.65. The molecule has 0 atom stereocenters. The van der Waals surface area contributed by atoms with Gasteiger partial charge in [-0.3, -0.25) is 5.43 Å². The molecule has 6 heteroatoms. The summed E-state index contributed by atoms with van der Waals surface area (Å²) in [6.07, 6.45) is 2.69. The van der Waals surface area contributed by atoms with Crippen LogP contribution in [-0.2, 0) is 0 Å². The zero-order chi connectivity index (χ0) is 19.1. The number of methoxy groups -OCH3 is 1. The van der Waals surface area contributed by atoms with Crippen LogP contribution < -0.4 is 14.9 Å². The minimum absolute atomic E-state index is 0.665. The van der Waals surface area contributed by atoms with Crippen LogP contribution in [0.4, 0.5) is 5.13 Å². The minimum Gasteiger partial charge on any atom is -0.493 e. The normalized spacial score (nSPS) is 10.9. The lowest BCUT2D eigenvalue weighted by atomic mass is 10.1. The highest BCUT2D eigenvalue weighted by molar-refractivity contribution is 7.15. The number of benzene rings is 2. The number of ether oxygens (including phenoxy) is 2. The predicted molar refractivity (Wildman–Crippen MR) is 112 cm³/mol. The van der Waals surface area contributed by atoms with E-state index in [-0.39, 0.29) is 0 Å². The first-order chi connectivity index (χ1) is 13.2. The second-order valence-electron chi connectivity index (χ2n) is 5.92. The van der Waals surface area contributed by atoms with Crippen LogP contribution in [0.1, 0.15) is 23.8 Å². The summed E-state index contributed by atoms with van der Waals surface area (Å²) in [5, 5.41) is 5.07. The van der Waals surface area contributed by atoms with Gasteiger partial charge in [-0.25, -0.2) is 4.98 Å². The average molecular weight is 382 g/mol. The van der Waals surface area contributed by atoms with Crippen molar-refractivity contribution in [2.75, 3.05) is 19.1 Å². The van der Waals surface area contributed by atoms with Crippen LogP contribution in [0.5, 0.6) is 11.5 Å². The van der Waals surface area contributed by atoms with E-state index in [0.29, 0.717) is 12.4 Å². The zero-order valence-corrected chi connectivity index (χ0v) is 16.5. The molecule has 1 N–H and O–H groups in total. The Kier molecular flexibility index (Phi) is 6.44. The topological polar surface area (TPSA) is 55.7 Å². The third-order valence-corrected chi connectivity index (χ3v) is 4.74. The van der Waals surface area contributed by atoms with Crippen molar-refractivity contribution in [3.8, 4) is 22.8 Å². The molecule has 27 heavy (non-hydrogen) atoms. The number of hydrogen-bond acceptors (Lipinski definition) is 6. The molecule has 0 saturated heterocycles. The Morgan fingerprint density at radius 2 is 1.96 bits per heavy atom. The minimum atomic E-state index is 0.665. The Bertz CT molecular complexity index is 907. The van der Waals surface area contributed by atoms with Crippen molar-refractivity contribution in [2.24, 2.45) is 5.10 Å². The van der Waals surface area contributed by atoms with Crippen LogP contribution in [0.25, 0.3) is 11.3 Å². The van der Waals surface area contributed by atoms with Crippen LogP contribution >= 0.6 is 11.3 Å². The van der Waals surface area contributed by atoms with Crippen LogP contribution in [-0.4, -0.2) is 24.9 Å². The van der Waals surface area contributed by atoms with Gasteiger partial charge in [0.15, 0.2) is 11.5 Å². The first-order valence-electron chi connectivity index (χ1n) is 8.84. The predicted octanol–water partition coefficient (Wildman–Crippen LogP) is 5.36. The summed E-state index contributed by atoms with van der Waals surface area (Å²) in [7, 11) is 1.64. The van der Waals surface area contributed by atoms with Crippen molar-refractivity contribution in [3.05, 3.63) is 59.0 Å². The fraction of sp³-hybridized carbons (Fsp3) is 0.238. The zero-order valence-electron chi connectivity index (χ0n) is 15.7. The number of aromatic nitrogens is 1. The van der Waals surface area contributed by atoms with Gasteiger partial charge in [-0.2, -0.15) is 5.10 Å². The summed E-state index contributed by atoms with van der Waals surface area (Å²) in [6.45, 7) is 4.80. The van der Waals surface area contributed by atoms with E-state index >= 15 is 0 Å². The standard InChI is InChI=1S/C21H23N3O2S/c1-4-12-26-18-11-10-16(13-19(18)25-3)14-22-24-21-23-20(15(2)27-21)17-8-6-5-7-9-17/h5-11,13-14H,4,12H2,1-3H3,(H,23,24)/b22-14-. The van der Waals surface area contributed by atoms with E-state index < -0.39 is 0 Å². The van der Waals surface area contributed by atoms with E-state index in [9.17, 15) is 0 Å². The molecular formula is C21H23N3O2S. The molecule has 0 radical (unpaired) electrons. The van der Waals surface area contributed by atoms with Gasteiger partial charge in [0, 0.05) is 10.4 Å². The van der Waals surface area contributed by atoms with E-state index in [2.05, 4.69) is 41.5 Å². The molecule has 0 unspecified atom stereocenters. The molecule has 2 aromatic carbocycles. The molecule has 0 bridgehead atoms. The van der Waals surface area contributed by atoms with Crippen molar-refractivity contribution in [1.29, 1.82) is 0 Å². The summed E-state index contributed by atoms with van der Waals surface area (Å²) < 4.78 is 11.1. The fourth-order valence-corrected chi connectivity index (χ4v) is 3.35. The maximum absolute atomic E-state index is 5.67. The number of hydrazone groups is 1. The van der Waals surface area contributed by atoms with Crippen LogP contribution in [0.3, 0.4) is 0 Å². The highest BCUT2D eigenvalue weighted by Gasteiger charge is 2.09. The van der Waals surface area contributed by atoms with E-state index in [1.54, 1.807) is 24.7 Å². The van der Waals surface area contributed by atoms with Gasteiger partial charge in [-0.05, 0) is 37.1 Å². The molecule has 0 aliphatic rings. The highest BCUT2D eigenvalue weighted by Crippen LogP contribution is 2.30. The van der Waals surface area contributed by atoms with Crippen LogP contribution in [0.2, 0.25) is 0 Å². The SMILES string of the molecule is CCCOc1ccc(/C=N\Nc2nc(-c3ccccc3)c(C)s2)cc1OC. The van der Waals surface area contributed by atoms with Crippen molar-refractivity contribution in [1.82, 2.24) is 4.98 Å². The van der Waals surface area contributed by atoms with Gasteiger partial charge in [0.25, 0.3) is 0 Å². The Balaban J connectivity index is 1.69. The monoisotopic (exact) mass is 381 g/mol. The Morgan fingerprint density at radius 1 is 1.15 bits per heavy atom. The number of rotatable bonds is 8. The van der Waals surface area contributed by atoms with Crippen molar-refractivity contribution in [2.45, 2.75) is 20.3 Å². The lowest BCUT2D eigenvalue weighted by Gasteiger charge is -2.10. The number of thiazole rings is 1. The summed E-state index contributed by atoms with van der Waals surface area (Å²) in [6, 6.07) is 15.9. The summed E-state index contributed by atoms with van der Waals surface area (Å²) >= 11 is 1.58. The molecular weight excluding hydrogens is 358 g/mol. The van der Waals surface area contributed by atoms with Gasteiger partial charge in [0.05, 0.1) is 25.6 Å². The lowest BCUT2D eigenvalue weighted by molar-refractivity contribution is 0.294. The van der Waals surface area contributed by atoms with Gasteiger partial charge in [-0.15, -0.1) is 11.3 Å². The maximum Gasteiger partial charge on any atom is 0.204 e. The number of hydrogen-bond donors (Lipinski definition) is 1. The van der Waals surface area contributed by atoms with Crippen molar-refractivity contribution in [3.63, 3.8) is 0 Å². The molecule has 0 fully saturated rings. The van der Waals surface area contributed by atoms with Gasteiger partial charge >= 0.3 is 0 Å².